The van der Waals surface area contributed by atoms with Gasteiger partial charge in [0.1, 0.15) is 11.1 Å². The summed E-state index contributed by atoms with van der Waals surface area (Å²) < 4.78 is 15.4. The van der Waals surface area contributed by atoms with E-state index in [0.29, 0.717) is 22.6 Å². The first-order valence-electron chi connectivity index (χ1n) is 4.83. The SMILES string of the molecule is COc1ccc2cc(C)oc(=O)c2c1OC. The Kier molecular flexibility index (Phi) is 2.56. The van der Waals surface area contributed by atoms with E-state index in [9.17, 15) is 4.79 Å². The van der Waals surface area contributed by atoms with Crippen LogP contribution in [0.2, 0.25) is 0 Å². The summed E-state index contributed by atoms with van der Waals surface area (Å²) >= 11 is 0. The zero-order valence-electron chi connectivity index (χ0n) is 9.37. The van der Waals surface area contributed by atoms with Crippen molar-refractivity contribution in [3.05, 3.63) is 34.4 Å². The quantitative estimate of drug-likeness (QED) is 0.777. The molecule has 0 bridgehead atoms. The molecule has 2 aromatic rings. The third kappa shape index (κ3) is 1.52. The molecular formula is C12H12O4. The maximum absolute atomic E-state index is 11.7. The number of fused-ring (bicyclic) bond motifs is 1. The predicted molar refractivity (Wildman–Crippen MR) is 60.3 cm³/mol. The molecule has 1 aromatic carbocycles. The molecular weight excluding hydrogens is 208 g/mol. The van der Waals surface area contributed by atoms with Crippen molar-refractivity contribution >= 4 is 10.8 Å². The second-order valence-corrected chi connectivity index (χ2v) is 3.41. The molecule has 0 N–H and O–H groups in total. The molecule has 0 saturated heterocycles. The van der Waals surface area contributed by atoms with Crippen LogP contribution < -0.4 is 15.1 Å². The van der Waals surface area contributed by atoms with E-state index in [-0.39, 0.29) is 0 Å². The van der Waals surface area contributed by atoms with Crippen molar-refractivity contribution in [1.82, 2.24) is 0 Å². The number of ether oxygens (including phenoxy) is 2. The van der Waals surface area contributed by atoms with Crippen molar-refractivity contribution < 1.29 is 13.9 Å². The normalized spacial score (nSPS) is 10.4. The van der Waals surface area contributed by atoms with Gasteiger partial charge in [-0.2, -0.15) is 0 Å². The minimum Gasteiger partial charge on any atom is -0.493 e. The Hall–Kier alpha value is -1.97. The van der Waals surface area contributed by atoms with Gasteiger partial charge < -0.3 is 13.9 Å². The smallest absolute Gasteiger partial charge is 0.347 e. The highest BCUT2D eigenvalue weighted by Gasteiger charge is 2.13. The minimum absolute atomic E-state index is 0.410. The van der Waals surface area contributed by atoms with Crippen LogP contribution in [0.25, 0.3) is 10.8 Å². The molecule has 84 valence electrons. The summed E-state index contributed by atoms with van der Waals surface area (Å²) in [5.41, 5.74) is -0.411. The maximum Gasteiger partial charge on any atom is 0.347 e. The van der Waals surface area contributed by atoms with Crippen LogP contribution in [-0.4, -0.2) is 14.2 Å². The molecule has 0 aliphatic carbocycles. The number of hydrogen-bond acceptors (Lipinski definition) is 4. The zero-order valence-corrected chi connectivity index (χ0v) is 9.37. The first-order valence-corrected chi connectivity index (χ1v) is 4.83. The molecule has 0 saturated carbocycles. The largest absolute Gasteiger partial charge is 0.493 e. The van der Waals surface area contributed by atoms with Crippen LogP contribution in [0.4, 0.5) is 0 Å². The fourth-order valence-electron chi connectivity index (χ4n) is 1.72. The van der Waals surface area contributed by atoms with Gasteiger partial charge in [-0.15, -0.1) is 0 Å². The van der Waals surface area contributed by atoms with Crippen molar-refractivity contribution in [2.24, 2.45) is 0 Å². The van der Waals surface area contributed by atoms with E-state index >= 15 is 0 Å². The highest BCUT2D eigenvalue weighted by atomic mass is 16.5. The summed E-state index contributed by atoms with van der Waals surface area (Å²) in [4.78, 5) is 11.7. The number of hydrogen-bond donors (Lipinski definition) is 0. The average molecular weight is 220 g/mol. The van der Waals surface area contributed by atoms with Gasteiger partial charge in [-0.1, -0.05) is 6.07 Å². The molecule has 0 unspecified atom stereocenters. The van der Waals surface area contributed by atoms with E-state index in [0.717, 1.165) is 5.39 Å². The predicted octanol–water partition coefficient (Wildman–Crippen LogP) is 2.12. The highest BCUT2D eigenvalue weighted by molar-refractivity contribution is 5.89. The monoisotopic (exact) mass is 220 g/mol. The van der Waals surface area contributed by atoms with E-state index < -0.39 is 5.63 Å². The van der Waals surface area contributed by atoms with Crippen molar-refractivity contribution in [1.29, 1.82) is 0 Å². The Bertz CT molecular complexity index is 583. The Morgan fingerprint density at radius 1 is 1.19 bits per heavy atom. The van der Waals surface area contributed by atoms with Crippen LogP contribution in [0.3, 0.4) is 0 Å². The van der Waals surface area contributed by atoms with Crippen molar-refractivity contribution in [3.8, 4) is 11.5 Å². The summed E-state index contributed by atoms with van der Waals surface area (Å²) in [6, 6.07) is 5.36. The van der Waals surface area contributed by atoms with E-state index in [2.05, 4.69) is 0 Å². The van der Waals surface area contributed by atoms with Crippen LogP contribution in [0.15, 0.2) is 27.4 Å². The molecule has 0 amide bonds. The van der Waals surface area contributed by atoms with Crippen molar-refractivity contribution in [2.75, 3.05) is 14.2 Å². The Morgan fingerprint density at radius 2 is 1.94 bits per heavy atom. The lowest BCUT2D eigenvalue weighted by Crippen LogP contribution is -2.03. The standard InChI is InChI=1S/C12H12O4/c1-7-6-8-4-5-9(14-2)11(15-3)10(8)12(13)16-7/h4-6H,1-3H3. The third-order valence-electron chi connectivity index (χ3n) is 2.39. The molecule has 16 heavy (non-hydrogen) atoms. The van der Waals surface area contributed by atoms with Crippen LogP contribution in [0, 0.1) is 6.92 Å². The molecule has 0 aliphatic rings. The fraction of sp³-hybridized carbons (Fsp3) is 0.250. The molecule has 2 rings (SSSR count). The fourth-order valence-corrected chi connectivity index (χ4v) is 1.72. The molecule has 0 spiro atoms. The van der Waals surface area contributed by atoms with Gasteiger partial charge in [0.2, 0.25) is 0 Å². The van der Waals surface area contributed by atoms with Gasteiger partial charge in [0.15, 0.2) is 11.5 Å². The molecule has 0 fully saturated rings. The molecule has 4 nitrogen and oxygen atoms in total. The highest BCUT2D eigenvalue weighted by Crippen LogP contribution is 2.33. The molecule has 1 aromatic heterocycles. The third-order valence-corrected chi connectivity index (χ3v) is 2.39. The van der Waals surface area contributed by atoms with E-state index in [1.165, 1.54) is 14.2 Å². The number of aryl methyl sites for hydroxylation is 1. The second kappa shape index (κ2) is 3.89. The van der Waals surface area contributed by atoms with Gasteiger partial charge in [0.05, 0.1) is 14.2 Å². The van der Waals surface area contributed by atoms with E-state index in [1.807, 2.05) is 0 Å². The Labute approximate surface area is 92.4 Å². The summed E-state index contributed by atoms with van der Waals surface area (Å²) in [5, 5.41) is 1.19. The number of benzene rings is 1. The topological polar surface area (TPSA) is 48.7 Å². The summed E-state index contributed by atoms with van der Waals surface area (Å²) in [5.74, 6) is 1.50. The first kappa shape index (κ1) is 10.5. The minimum atomic E-state index is -0.411. The molecule has 4 heteroatoms. The molecule has 0 radical (unpaired) electrons. The summed E-state index contributed by atoms with van der Waals surface area (Å²) in [6.45, 7) is 1.73. The maximum atomic E-state index is 11.7. The zero-order chi connectivity index (χ0) is 11.7. The Balaban J connectivity index is 2.92. The molecule has 1 heterocycles. The lowest BCUT2D eigenvalue weighted by atomic mass is 10.1. The summed E-state index contributed by atoms with van der Waals surface area (Å²) in [7, 11) is 3.02. The van der Waals surface area contributed by atoms with Crippen LogP contribution in [-0.2, 0) is 0 Å². The van der Waals surface area contributed by atoms with Crippen LogP contribution in [0.1, 0.15) is 5.76 Å². The summed E-state index contributed by atoms with van der Waals surface area (Å²) in [6.07, 6.45) is 0. The van der Waals surface area contributed by atoms with Crippen molar-refractivity contribution in [3.63, 3.8) is 0 Å². The van der Waals surface area contributed by atoms with E-state index in [1.54, 1.807) is 25.1 Å². The number of rotatable bonds is 2. The second-order valence-electron chi connectivity index (χ2n) is 3.41. The Morgan fingerprint density at radius 3 is 2.56 bits per heavy atom. The van der Waals surface area contributed by atoms with Gasteiger partial charge in [0, 0.05) is 0 Å². The lowest BCUT2D eigenvalue weighted by Gasteiger charge is -2.09. The molecule has 0 aliphatic heterocycles. The van der Waals surface area contributed by atoms with Gasteiger partial charge in [-0.05, 0) is 24.4 Å². The van der Waals surface area contributed by atoms with Crippen molar-refractivity contribution in [2.45, 2.75) is 6.92 Å². The van der Waals surface area contributed by atoms with Gasteiger partial charge >= 0.3 is 5.63 Å². The van der Waals surface area contributed by atoms with Gasteiger partial charge in [0.25, 0.3) is 0 Å². The van der Waals surface area contributed by atoms with E-state index in [4.69, 9.17) is 13.9 Å². The van der Waals surface area contributed by atoms with Crippen LogP contribution in [0.5, 0.6) is 11.5 Å². The lowest BCUT2D eigenvalue weighted by molar-refractivity contribution is 0.357. The van der Waals surface area contributed by atoms with Gasteiger partial charge in [-0.3, -0.25) is 0 Å². The molecule has 0 atom stereocenters. The number of methoxy groups -OCH3 is 2. The average Bonchev–Trinajstić information content (AvgIpc) is 2.27. The first-order chi connectivity index (χ1) is 7.67. The van der Waals surface area contributed by atoms with Crippen LogP contribution >= 0.6 is 0 Å². The van der Waals surface area contributed by atoms with Gasteiger partial charge in [-0.25, -0.2) is 4.79 Å².